The molecule has 0 saturated heterocycles. The standard InChI is InChI=1S/C15H15BrFN3O/c1-2-9-20-14(7-8-18-20)19-15(21)6-3-11-10-12(16)4-5-13(11)17/h3-8,10H,2,9H2,1H3,(H,19,21)/b6-3+. The number of carbonyl (C=O) groups excluding carboxylic acids is 1. The number of benzene rings is 1. The van der Waals surface area contributed by atoms with Gasteiger partial charge in [-0.25, -0.2) is 9.07 Å². The molecule has 0 aliphatic carbocycles. The van der Waals surface area contributed by atoms with Gasteiger partial charge in [-0.2, -0.15) is 5.10 Å². The predicted octanol–water partition coefficient (Wildman–Crippen LogP) is 3.85. The molecule has 1 aromatic carbocycles. The zero-order chi connectivity index (χ0) is 15.2. The first-order valence-electron chi connectivity index (χ1n) is 6.56. The lowest BCUT2D eigenvalue weighted by atomic mass is 10.2. The highest BCUT2D eigenvalue weighted by molar-refractivity contribution is 9.10. The van der Waals surface area contributed by atoms with Crippen molar-refractivity contribution in [3.05, 3.63) is 52.4 Å². The van der Waals surface area contributed by atoms with Crippen LogP contribution in [-0.2, 0) is 11.3 Å². The second-order valence-electron chi connectivity index (χ2n) is 4.43. The van der Waals surface area contributed by atoms with E-state index in [1.165, 1.54) is 18.2 Å². The molecule has 2 rings (SSSR count). The number of hydrogen-bond donors (Lipinski definition) is 1. The lowest BCUT2D eigenvalue weighted by molar-refractivity contribution is -0.111. The summed E-state index contributed by atoms with van der Waals surface area (Å²) in [6.45, 7) is 2.76. The quantitative estimate of drug-likeness (QED) is 0.831. The average Bonchev–Trinajstić information content (AvgIpc) is 2.87. The van der Waals surface area contributed by atoms with Gasteiger partial charge in [0.25, 0.3) is 0 Å². The third-order valence-electron chi connectivity index (χ3n) is 2.78. The van der Waals surface area contributed by atoms with Crippen molar-refractivity contribution in [3.8, 4) is 0 Å². The molecular weight excluding hydrogens is 337 g/mol. The average molecular weight is 352 g/mol. The number of amides is 1. The van der Waals surface area contributed by atoms with Crippen LogP contribution in [0.4, 0.5) is 10.2 Å². The summed E-state index contributed by atoms with van der Waals surface area (Å²) in [5.41, 5.74) is 0.349. The van der Waals surface area contributed by atoms with Crippen molar-refractivity contribution in [2.24, 2.45) is 0 Å². The van der Waals surface area contributed by atoms with Crippen molar-refractivity contribution in [2.45, 2.75) is 19.9 Å². The van der Waals surface area contributed by atoms with E-state index in [0.717, 1.165) is 17.4 Å². The number of nitrogens with one attached hydrogen (secondary N) is 1. The van der Waals surface area contributed by atoms with Gasteiger partial charge in [0.15, 0.2) is 0 Å². The zero-order valence-electron chi connectivity index (χ0n) is 11.5. The maximum atomic E-state index is 13.5. The van der Waals surface area contributed by atoms with E-state index in [2.05, 4.69) is 26.3 Å². The van der Waals surface area contributed by atoms with Crippen molar-refractivity contribution in [1.29, 1.82) is 0 Å². The van der Waals surface area contributed by atoms with Gasteiger partial charge >= 0.3 is 0 Å². The van der Waals surface area contributed by atoms with Crippen molar-refractivity contribution < 1.29 is 9.18 Å². The lowest BCUT2D eigenvalue weighted by Gasteiger charge is -2.05. The van der Waals surface area contributed by atoms with E-state index in [-0.39, 0.29) is 11.7 Å². The van der Waals surface area contributed by atoms with E-state index < -0.39 is 0 Å². The highest BCUT2D eigenvalue weighted by Crippen LogP contribution is 2.17. The fourth-order valence-corrected chi connectivity index (χ4v) is 2.18. The largest absolute Gasteiger partial charge is 0.307 e. The second kappa shape index (κ2) is 7.17. The Morgan fingerprint density at radius 3 is 3.05 bits per heavy atom. The first-order valence-corrected chi connectivity index (χ1v) is 7.35. The minimum Gasteiger partial charge on any atom is -0.307 e. The normalized spacial score (nSPS) is 11.0. The van der Waals surface area contributed by atoms with Crippen LogP contribution >= 0.6 is 15.9 Å². The van der Waals surface area contributed by atoms with Crippen LogP contribution in [0, 0.1) is 5.82 Å². The number of nitrogens with zero attached hydrogens (tertiary/aromatic N) is 2. The molecule has 21 heavy (non-hydrogen) atoms. The Bertz CT molecular complexity index is 667. The van der Waals surface area contributed by atoms with Crippen molar-refractivity contribution in [1.82, 2.24) is 9.78 Å². The number of hydrogen-bond acceptors (Lipinski definition) is 2. The highest BCUT2D eigenvalue weighted by atomic mass is 79.9. The molecule has 1 aromatic heterocycles. The van der Waals surface area contributed by atoms with E-state index in [1.54, 1.807) is 29.1 Å². The van der Waals surface area contributed by atoms with Crippen molar-refractivity contribution in [3.63, 3.8) is 0 Å². The number of aromatic nitrogens is 2. The molecule has 4 nitrogen and oxygen atoms in total. The predicted molar refractivity (Wildman–Crippen MR) is 84.3 cm³/mol. The van der Waals surface area contributed by atoms with Gasteiger partial charge in [0.1, 0.15) is 11.6 Å². The molecule has 1 heterocycles. The van der Waals surface area contributed by atoms with Gasteiger partial charge in [-0.15, -0.1) is 0 Å². The molecule has 1 amide bonds. The number of rotatable bonds is 5. The number of anilines is 1. The van der Waals surface area contributed by atoms with Crippen molar-refractivity contribution in [2.75, 3.05) is 5.32 Å². The Kier molecular flexibility index (Phi) is 5.27. The Morgan fingerprint density at radius 1 is 1.48 bits per heavy atom. The first-order chi connectivity index (χ1) is 10.1. The third kappa shape index (κ3) is 4.26. The summed E-state index contributed by atoms with van der Waals surface area (Å²) in [5, 5.41) is 6.83. The van der Waals surface area contributed by atoms with Crippen LogP contribution in [0.2, 0.25) is 0 Å². The van der Waals surface area contributed by atoms with Gasteiger partial charge in [0.2, 0.25) is 5.91 Å². The first kappa shape index (κ1) is 15.4. The molecule has 0 saturated carbocycles. The summed E-state index contributed by atoms with van der Waals surface area (Å²) < 4.78 is 16.0. The molecular formula is C15H15BrFN3O. The van der Waals surface area contributed by atoms with Crippen LogP contribution in [0.25, 0.3) is 6.08 Å². The van der Waals surface area contributed by atoms with Crippen LogP contribution in [0.3, 0.4) is 0 Å². The smallest absolute Gasteiger partial charge is 0.249 e. The molecule has 0 unspecified atom stereocenters. The van der Waals surface area contributed by atoms with Crippen LogP contribution in [-0.4, -0.2) is 15.7 Å². The van der Waals surface area contributed by atoms with Crippen LogP contribution in [0.1, 0.15) is 18.9 Å². The molecule has 0 aliphatic rings. The summed E-state index contributed by atoms with van der Waals surface area (Å²) in [6, 6.07) is 6.29. The molecule has 0 fully saturated rings. The molecule has 2 aromatic rings. The van der Waals surface area contributed by atoms with E-state index in [9.17, 15) is 9.18 Å². The minimum absolute atomic E-state index is 0.327. The molecule has 6 heteroatoms. The Balaban J connectivity index is 2.05. The topological polar surface area (TPSA) is 46.9 Å². The molecule has 0 spiro atoms. The van der Waals surface area contributed by atoms with E-state index >= 15 is 0 Å². The van der Waals surface area contributed by atoms with Gasteiger partial charge in [-0.05, 0) is 30.7 Å². The molecule has 0 bridgehead atoms. The van der Waals surface area contributed by atoms with Gasteiger partial charge < -0.3 is 5.32 Å². The van der Waals surface area contributed by atoms with Crippen LogP contribution in [0.15, 0.2) is 41.0 Å². The third-order valence-corrected chi connectivity index (χ3v) is 3.27. The lowest BCUT2D eigenvalue weighted by Crippen LogP contribution is -2.13. The Hall–Kier alpha value is -1.95. The van der Waals surface area contributed by atoms with Gasteiger partial charge in [0.05, 0.1) is 6.20 Å². The summed E-state index contributed by atoms with van der Waals surface area (Å²) in [4.78, 5) is 11.9. The Labute approximate surface area is 130 Å². The van der Waals surface area contributed by atoms with E-state index in [0.29, 0.717) is 11.4 Å². The monoisotopic (exact) mass is 351 g/mol. The maximum absolute atomic E-state index is 13.5. The molecule has 0 aliphatic heterocycles. The molecule has 0 atom stereocenters. The highest BCUT2D eigenvalue weighted by Gasteiger charge is 2.05. The van der Waals surface area contributed by atoms with Gasteiger partial charge in [0, 0.05) is 28.7 Å². The SMILES string of the molecule is CCCn1nccc1NC(=O)/C=C/c1cc(Br)ccc1F. The number of halogens is 2. The fourth-order valence-electron chi connectivity index (χ4n) is 1.80. The van der Waals surface area contributed by atoms with Crippen molar-refractivity contribution >= 4 is 33.7 Å². The summed E-state index contributed by atoms with van der Waals surface area (Å²) in [6.07, 6.45) is 5.29. The molecule has 1 N–H and O–H groups in total. The van der Waals surface area contributed by atoms with Gasteiger partial charge in [-0.1, -0.05) is 22.9 Å². The second-order valence-corrected chi connectivity index (χ2v) is 5.34. The summed E-state index contributed by atoms with van der Waals surface area (Å²) in [7, 11) is 0. The van der Waals surface area contributed by atoms with Crippen LogP contribution in [0.5, 0.6) is 0 Å². The molecule has 110 valence electrons. The Morgan fingerprint density at radius 2 is 2.29 bits per heavy atom. The van der Waals surface area contributed by atoms with E-state index in [1.807, 2.05) is 6.92 Å². The zero-order valence-corrected chi connectivity index (χ0v) is 13.1. The molecule has 0 radical (unpaired) electrons. The summed E-state index contributed by atoms with van der Waals surface area (Å²) >= 11 is 3.27. The summed E-state index contributed by atoms with van der Waals surface area (Å²) in [5.74, 6) is -0.0771. The minimum atomic E-state index is -0.377. The maximum Gasteiger partial charge on any atom is 0.249 e. The van der Waals surface area contributed by atoms with Gasteiger partial charge in [-0.3, -0.25) is 4.79 Å². The number of aryl methyl sites for hydroxylation is 1. The van der Waals surface area contributed by atoms with E-state index in [4.69, 9.17) is 0 Å². The number of carbonyl (C=O) groups is 1. The van der Waals surface area contributed by atoms with Crippen LogP contribution < -0.4 is 5.32 Å². The fraction of sp³-hybridized carbons (Fsp3) is 0.200.